The molecule has 0 spiro atoms. The molecule has 3 amide bonds. The van der Waals surface area contributed by atoms with Gasteiger partial charge in [0.05, 0.1) is 6.04 Å². The summed E-state index contributed by atoms with van der Waals surface area (Å²) in [5.74, 6) is -0.221. The second kappa shape index (κ2) is 9.67. The first-order valence-corrected chi connectivity index (χ1v) is 10.1. The molecular weight excluding hydrogens is 330 g/mol. The molecule has 0 aliphatic carbocycles. The van der Waals surface area contributed by atoms with E-state index < -0.39 is 6.03 Å². The lowest BCUT2D eigenvalue weighted by Crippen LogP contribution is -2.58. The van der Waals surface area contributed by atoms with Gasteiger partial charge in [0.1, 0.15) is 0 Å². The van der Waals surface area contributed by atoms with E-state index in [0.717, 1.165) is 26.2 Å². The van der Waals surface area contributed by atoms with Crippen LogP contribution in [-0.2, 0) is 4.79 Å². The van der Waals surface area contributed by atoms with Crippen molar-refractivity contribution in [2.45, 2.75) is 71.6 Å². The van der Waals surface area contributed by atoms with Crippen LogP contribution in [0.3, 0.4) is 0 Å². The molecule has 2 heterocycles. The number of carbonyl (C=O) groups is 2. The first kappa shape index (κ1) is 21.1. The van der Waals surface area contributed by atoms with Crippen molar-refractivity contribution in [1.82, 2.24) is 25.3 Å². The molecule has 7 nitrogen and oxygen atoms in total. The SMILES string of the molecule is CC(C)NC(=O)NC(=O)[C@H](C)N1CCN(C2CCN(C(C)C)CC2)CC1. The predicted molar refractivity (Wildman–Crippen MR) is 104 cm³/mol. The van der Waals surface area contributed by atoms with Crippen LogP contribution in [-0.4, -0.2) is 90.1 Å². The minimum Gasteiger partial charge on any atom is -0.336 e. The van der Waals surface area contributed by atoms with Gasteiger partial charge in [-0.2, -0.15) is 0 Å². The van der Waals surface area contributed by atoms with Crippen LogP contribution in [0.5, 0.6) is 0 Å². The van der Waals surface area contributed by atoms with Crippen LogP contribution in [0.25, 0.3) is 0 Å². The maximum Gasteiger partial charge on any atom is 0.321 e. The molecule has 0 aromatic rings. The lowest BCUT2D eigenvalue weighted by Gasteiger charge is -2.44. The molecule has 0 aromatic heterocycles. The Hall–Kier alpha value is -1.18. The normalized spacial score (nSPS) is 22.6. The van der Waals surface area contributed by atoms with Crippen molar-refractivity contribution in [3.63, 3.8) is 0 Å². The van der Waals surface area contributed by atoms with Crippen molar-refractivity contribution in [3.05, 3.63) is 0 Å². The molecule has 2 saturated heterocycles. The number of likely N-dealkylation sites (tertiary alicyclic amines) is 1. The summed E-state index contributed by atoms with van der Waals surface area (Å²) in [6.07, 6.45) is 2.48. The molecule has 150 valence electrons. The highest BCUT2D eigenvalue weighted by Crippen LogP contribution is 2.20. The Morgan fingerprint density at radius 1 is 0.846 bits per heavy atom. The van der Waals surface area contributed by atoms with Gasteiger partial charge in [0.15, 0.2) is 0 Å². The Kier molecular flexibility index (Phi) is 7.85. The van der Waals surface area contributed by atoms with Crippen LogP contribution < -0.4 is 10.6 Å². The number of urea groups is 1. The number of nitrogens with zero attached hydrogens (tertiary/aromatic N) is 3. The Balaban J connectivity index is 1.74. The molecule has 0 aromatic carbocycles. The molecule has 0 saturated carbocycles. The van der Waals surface area contributed by atoms with Gasteiger partial charge >= 0.3 is 6.03 Å². The van der Waals surface area contributed by atoms with Gasteiger partial charge in [-0.3, -0.25) is 19.9 Å². The monoisotopic (exact) mass is 367 g/mol. The molecule has 0 unspecified atom stereocenters. The number of hydrogen-bond acceptors (Lipinski definition) is 5. The molecule has 1 atom stereocenters. The van der Waals surface area contributed by atoms with E-state index in [-0.39, 0.29) is 18.0 Å². The number of imide groups is 1. The standard InChI is InChI=1S/C19H37N5O2/c1-14(2)20-19(26)21-18(25)16(5)23-10-12-24(13-11-23)17-6-8-22(9-7-17)15(3)4/h14-17H,6-13H2,1-5H3,(H2,20,21,25,26)/t16-/m0/s1. The third kappa shape index (κ3) is 5.93. The summed E-state index contributed by atoms with van der Waals surface area (Å²) in [5, 5.41) is 5.14. The van der Waals surface area contributed by atoms with Gasteiger partial charge < -0.3 is 10.2 Å². The average Bonchev–Trinajstić information content (AvgIpc) is 2.60. The Bertz CT molecular complexity index is 467. The zero-order chi connectivity index (χ0) is 19.3. The Morgan fingerprint density at radius 3 is 1.92 bits per heavy atom. The van der Waals surface area contributed by atoms with E-state index in [1.165, 1.54) is 25.9 Å². The summed E-state index contributed by atoms with van der Waals surface area (Å²) in [6, 6.07) is 0.641. The molecule has 2 aliphatic heterocycles. The second-order valence-corrected chi connectivity index (χ2v) is 8.23. The fourth-order valence-corrected chi connectivity index (χ4v) is 3.94. The molecule has 2 N–H and O–H groups in total. The fourth-order valence-electron chi connectivity index (χ4n) is 3.94. The van der Waals surface area contributed by atoms with E-state index in [0.29, 0.717) is 12.1 Å². The summed E-state index contributed by atoms with van der Waals surface area (Å²) < 4.78 is 0. The van der Waals surface area contributed by atoms with E-state index in [4.69, 9.17) is 0 Å². The van der Waals surface area contributed by atoms with E-state index in [9.17, 15) is 9.59 Å². The molecule has 0 bridgehead atoms. The highest BCUT2D eigenvalue weighted by Gasteiger charge is 2.31. The van der Waals surface area contributed by atoms with Gasteiger partial charge in [0.25, 0.3) is 0 Å². The first-order valence-electron chi connectivity index (χ1n) is 10.1. The molecule has 26 heavy (non-hydrogen) atoms. The van der Waals surface area contributed by atoms with Crippen molar-refractivity contribution >= 4 is 11.9 Å². The second-order valence-electron chi connectivity index (χ2n) is 8.23. The smallest absolute Gasteiger partial charge is 0.321 e. The van der Waals surface area contributed by atoms with E-state index in [2.05, 4.69) is 39.2 Å². The van der Waals surface area contributed by atoms with Crippen molar-refractivity contribution < 1.29 is 9.59 Å². The summed E-state index contributed by atoms with van der Waals surface area (Å²) >= 11 is 0. The highest BCUT2D eigenvalue weighted by atomic mass is 16.2. The molecular formula is C19H37N5O2. The topological polar surface area (TPSA) is 67.9 Å². The largest absolute Gasteiger partial charge is 0.336 e. The Labute approximate surface area is 158 Å². The maximum atomic E-state index is 12.3. The number of piperazine rings is 1. The number of carbonyl (C=O) groups excluding carboxylic acids is 2. The van der Waals surface area contributed by atoms with Crippen LogP contribution in [0, 0.1) is 0 Å². The van der Waals surface area contributed by atoms with Gasteiger partial charge in [0.2, 0.25) is 5.91 Å². The zero-order valence-electron chi connectivity index (χ0n) is 17.1. The first-order chi connectivity index (χ1) is 12.3. The lowest BCUT2D eigenvalue weighted by atomic mass is 10.0. The van der Waals surface area contributed by atoms with Crippen molar-refractivity contribution in [2.75, 3.05) is 39.3 Å². The van der Waals surface area contributed by atoms with Crippen LogP contribution in [0.15, 0.2) is 0 Å². The Morgan fingerprint density at radius 2 is 1.42 bits per heavy atom. The fraction of sp³-hybridized carbons (Fsp3) is 0.895. The predicted octanol–water partition coefficient (Wildman–Crippen LogP) is 1.10. The van der Waals surface area contributed by atoms with Crippen LogP contribution in [0.1, 0.15) is 47.5 Å². The highest BCUT2D eigenvalue weighted by molar-refractivity contribution is 5.96. The summed E-state index contributed by atoms with van der Waals surface area (Å²) in [4.78, 5) is 31.3. The summed E-state index contributed by atoms with van der Waals surface area (Å²) in [7, 11) is 0. The van der Waals surface area contributed by atoms with Gasteiger partial charge in [-0.15, -0.1) is 0 Å². The van der Waals surface area contributed by atoms with Gasteiger partial charge in [0, 0.05) is 44.3 Å². The van der Waals surface area contributed by atoms with E-state index in [1.807, 2.05) is 20.8 Å². The van der Waals surface area contributed by atoms with E-state index in [1.54, 1.807) is 0 Å². The van der Waals surface area contributed by atoms with Crippen molar-refractivity contribution in [1.29, 1.82) is 0 Å². The summed E-state index contributed by atoms with van der Waals surface area (Å²) in [5.41, 5.74) is 0. The number of piperidine rings is 1. The molecule has 2 fully saturated rings. The number of nitrogens with one attached hydrogen (secondary N) is 2. The zero-order valence-corrected chi connectivity index (χ0v) is 17.1. The molecule has 2 aliphatic rings. The molecule has 2 rings (SSSR count). The van der Waals surface area contributed by atoms with Crippen LogP contribution in [0.4, 0.5) is 4.79 Å². The van der Waals surface area contributed by atoms with E-state index >= 15 is 0 Å². The van der Waals surface area contributed by atoms with Crippen LogP contribution >= 0.6 is 0 Å². The quantitative estimate of drug-likeness (QED) is 0.762. The number of hydrogen-bond donors (Lipinski definition) is 2. The van der Waals surface area contributed by atoms with Crippen molar-refractivity contribution in [3.8, 4) is 0 Å². The van der Waals surface area contributed by atoms with Gasteiger partial charge in [-0.1, -0.05) is 0 Å². The lowest BCUT2D eigenvalue weighted by molar-refractivity contribution is -0.125. The van der Waals surface area contributed by atoms with Gasteiger partial charge in [-0.05, 0) is 60.5 Å². The van der Waals surface area contributed by atoms with Gasteiger partial charge in [-0.25, -0.2) is 4.79 Å². The molecule has 7 heteroatoms. The third-order valence-corrected chi connectivity index (χ3v) is 5.68. The minimum atomic E-state index is -0.410. The average molecular weight is 368 g/mol. The summed E-state index contributed by atoms with van der Waals surface area (Å²) in [6.45, 7) is 16.3. The maximum absolute atomic E-state index is 12.3. The third-order valence-electron chi connectivity index (χ3n) is 5.68. The van der Waals surface area contributed by atoms with Crippen LogP contribution in [0.2, 0.25) is 0 Å². The number of amides is 3. The minimum absolute atomic E-state index is 0.0174. The molecule has 0 radical (unpaired) electrons. The van der Waals surface area contributed by atoms with Crippen molar-refractivity contribution in [2.24, 2.45) is 0 Å². The number of rotatable bonds is 5.